The molecule has 0 aliphatic rings. The average molecular weight is 273 g/mol. The molecule has 1 aromatic rings. The van der Waals surface area contributed by atoms with Crippen LogP contribution in [0.15, 0.2) is 12.3 Å². The van der Waals surface area contributed by atoms with Gasteiger partial charge in [0.25, 0.3) is 0 Å². The summed E-state index contributed by atoms with van der Waals surface area (Å²) in [6.45, 7) is 4.95. The van der Waals surface area contributed by atoms with Crippen molar-refractivity contribution < 1.29 is 9.47 Å². The first-order chi connectivity index (χ1) is 8.72. The Balaban J connectivity index is 2.90. The standard InChI is InChI=1S/C13H21ClN2O2/c1-11-8-13(12(9-14)10-15-11)16(4-6-17-2)5-7-18-3/h8,10H,4-7,9H2,1-3H3. The molecule has 0 aliphatic heterocycles. The van der Waals surface area contributed by atoms with Crippen LogP contribution < -0.4 is 4.90 Å². The van der Waals surface area contributed by atoms with E-state index in [-0.39, 0.29) is 0 Å². The van der Waals surface area contributed by atoms with Crippen LogP contribution in [0.25, 0.3) is 0 Å². The van der Waals surface area contributed by atoms with Crippen LogP contribution in [0.2, 0.25) is 0 Å². The number of anilines is 1. The summed E-state index contributed by atoms with van der Waals surface area (Å²) in [6, 6.07) is 2.06. The maximum absolute atomic E-state index is 5.97. The van der Waals surface area contributed by atoms with E-state index in [0.717, 1.165) is 30.0 Å². The third kappa shape index (κ3) is 4.44. The third-order valence-corrected chi connectivity index (χ3v) is 3.00. The number of ether oxygens (including phenoxy) is 2. The molecule has 0 N–H and O–H groups in total. The lowest BCUT2D eigenvalue weighted by molar-refractivity contribution is 0.190. The van der Waals surface area contributed by atoms with Gasteiger partial charge in [-0.15, -0.1) is 11.6 Å². The molecule has 5 heteroatoms. The monoisotopic (exact) mass is 272 g/mol. The summed E-state index contributed by atoms with van der Waals surface area (Å²) in [4.78, 5) is 6.50. The van der Waals surface area contributed by atoms with Gasteiger partial charge in [-0.25, -0.2) is 0 Å². The lowest BCUT2D eigenvalue weighted by atomic mass is 10.2. The number of nitrogens with zero attached hydrogens (tertiary/aromatic N) is 2. The van der Waals surface area contributed by atoms with E-state index in [9.17, 15) is 0 Å². The molecule has 1 aromatic heterocycles. The number of hydrogen-bond acceptors (Lipinski definition) is 4. The van der Waals surface area contributed by atoms with E-state index in [1.165, 1.54) is 0 Å². The van der Waals surface area contributed by atoms with Gasteiger partial charge in [0.1, 0.15) is 0 Å². The summed E-state index contributed by atoms with van der Waals surface area (Å²) in [7, 11) is 3.41. The Hall–Kier alpha value is -0.840. The molecule has 0 amide bonds. The van der Waals surface area contributed by atoms with E-state index in [0.29, 0.717) is 19.1 Å². The second-order valence-electron chi connectivity index (χ2n) is 4.06. The topological polar surface area (TPSA) is 34.6 Å². The fourth-order valence-electron chi connectivity index (χ4n) is 1.73. The lowest BCUT2D eigenvalue weighted by Gasteiger charge is -2.26. The molecule has 18 heavy (non-hydrogen) atoms. The molecule has 0 aromatic carbocycles. The first-order valence-electron chi connectivity index (χ1n) is 5.97. The first kappa shape index (κ1) is 15.2. The summed E-state index contributed by atoms with van der Waals surface area (Å²) in [5.74, 6) is 0.457. The van der Waals surface area contributed by atoms with E-state index in [1.54, 1.807) is 14.2 Å². The van der Waals surface area contributed by atoms with Gasteiger partial charge in [-0.05, 0) is 13.0 Å². The van der Waals surface area contributed by atoms with Gasteiger partial charge < -0.3 is 14.4 Å². The van der Waals surface area contributed by atoms with Crippen molar-refractivity contribution in [3.8, 4) is 0 Å². The zero-order valence-electron chi connectivity index (χ0n) is 11.3. The zero-order valence-corrected chi connectivity index (χ0v) is 12.0. The quantitative estimate of drug-likeness (QED) is 0.680. The van der Waals surface area contributed by atoms with Crippen molar-refractivity contribution in [2.45, 2.75) is 12.8 Å². The molecule has 0 bridgehead atoms. The predicted molar refractivity (Wildman–Crippen MR) is 74.5 cm³/mol. The molecule has 1 heterocycles. The van der Waals surface area contributed by atoms with Crippen LogP contribution in [0.4, 0.5) is 5.69 Å². The van der Waals surface area contributed by atoms with E-state index in [2.05, 4.69) is 16.0 Å². The molecule has 0 atom stereocenters. The van der Waals surface area contributed by atoms with E-state index in [1.807, 2.05) is 13.1 Å². The van der Waals surface area contributed by atoms with Crippen molar-refractivity contribution in [2.75, 3.05) is 45.4 Å². The fourth-order valence-corrected chi connectivity index (χ4v) is 1.93. The summed E-state index contributed by atoms with van der Waals surface area (Å²) in [5, 5.41) is 0. The molecule has 0 aliphatic carbocycles. The Labute approximate surface area is 114 Å². The Kier molecular flexibility index (Phi) is 7.01. The zero-order chi connectivity index (χ0) is 13.4. The highest BCUT2D eigenvalue weighted by atomic mass is 35.5. The Morgan fingerprint density at radius 1 is 1.22 bits per heavy atom. The minimum Gasteiger partial charge on any atom is -0.383 e. The maximum atomic E-state index is 5.97. The number of pyridine rings is 1. The largest absolute Gasteiger partial charge is 0.383 e. The van der Waals surface area contributed by atoms with Gasteiger partial charge in [0.15, 0.2) is 0 Å². The summed E-state index contributed by atoms with van der Waals surface area (Å²) in [6.07, 6.45) is 1.84. The van der Waals surface area contributed by atoms with Crippen LogP contribution in [0, 0.1) is 6.92 Å². The van der Waals surface area contributed by atoms with Crippen LogP contribution in [-0.2, 0) is 15.4 Å². The van der Waals surface area contributed by atoms with Crippen LogP contribution in [-0.4, -0.2) is 45.5 Å². The van der Waals surface area contributed by atoms with Crippen LogP contribution in [0.1, 0.15) is 11.3 Å². The molecule has 4 nitrogen and oxygen atoms in total. The van der Waals surface area contributed by atoms with Crippen molar-refractivity contribution in [3.05, 3.63) is 23.5 Å². The predicted octanol–water partition coefficient (Wildman–Crippen LogP) is 2.23. The lowest BCUT2D eigenvalue weighted by Crippen LogP contribution is -2.31. The maximum Gasteiger partial charge on any atom is 0.0637 e. The molecule has 0 spiro atoms. The van der Waals surface area contributed by atoms with Crippen LogP contribution in [0.3, 0.4) is 0 Å². The number of hydrogen-bond donors (Lipinski definition) is 0. The van der Waals surface area contributed by atoms with Crippen molar-refractivity contribution in [2.24, 2.45) is 0 Å². The second-order valence-corrected chi connectivity index (χ2v) is 4.33. The molecule has 0 saturated carbocycles. The first-order valence-corrected chi connectivity index (χ1v) is 6.50. The van der Waals surface area contributed by atoms with Crippen LogP contribution >= 0.6 is 11.6 Å². The Morgan fingerprint density at radius 3 is 2.33 bits per heavy atom. The van der Waals surface area contributed by atoms with Gasteiger partial charge >= 0.3 is 0 Å². The van der Waals surface area contributed by atoms with E-state index >= 15 is 0 Å². The van der Waals surface area contributed by atoms with E-state index in [4.69, 9.17) is 21.1 Å². The molecule has 0 unspecified atom stereocenters. The molecule has 0 saturated heterocycles. The Bertz CT molecular complexity index is 353. The van der Waals surface area contributed by atoms with E-state index < -0.39 is 0 Å². The molecular weight excluding hydrogens is 252 g/mol. The minimum atomic E-state index is 0.457. The summed E-state index contributed by atoms with van der Waals surface area (Å²) >= 11 is 5.97. The average Bonchev–Trinajstić information content (AvgIpc) is 2.39. The van der Waals surface area contributed by atoms with Gasteiger partial charge in [0.2, 0.25) is 0 Å². The molecule has 1 rings (SSSR count). The van der Waals surface area contributed by atoms with Crippen molar-refractivity contribution >= 4 is 17.3 Å². The highest BCUT2D eigenvalue weighted by Crippen LogP contribution is 2.22. The minimum absolute atomic E-state index is 0.457. The highest BCUT2D eigenvalue weighted by Gasteiger charge is 2.11. The molecule has 102 valence electrons. The van der Waals surface area contributed by atoms with Crippen molar-refractivity contribution in [1.82, 2.24) is 4.98 Å². The Morgan fingerprint density at radius 2 is 1.83 bits per heavy atom. The molecular formula is C13H21ClN2O2. The normalized spacial score (nSPS) is 10.7. The number of rotatable bonds is 8. The van der Waals surface area contributed by atoms with Gasteiger partial charge in [0.05, 0.1) is 19.1 Å². The summed E-state index contributed by atoms with van der Waals surface area (Å²) in [5.41, 5.74) is 3.14. The second kappa shape index (κ2) is 8.29. The third-order valence-electron chi connectivity index (χ3n) is 2.71. The van der Waals surface area contributed by atoms with Crippen molar-refractivity contribution in [1.29, 1.82) is 0 Å². The number of halogens is 1. The molecule has 0 radical (unpaired) electrons. The van der Waals surface area contributed by atoms with Gasteiger partial charge in [-0.3, -0.25) is 4.98 Å². The van der Waals surface area contributed by atoms with Gasteiger partial charge in [-0.2, -0.15) is 0 Å². The number of aryl methyl sites for hydroxylation is 1. The van der Waals surface area contributed by atoms with Gasteiger partial charge in [-0.1, -0.05) is 0 Å². The van der Waals surface area contributed by atoms with Gasteiger partial charge in [0, 0.05) is 50.5 Å². The summed E-state index contributed by atoms with van der Waals surface area (Å²) < 4.78 is 10.3. The number of alkyl halides is 1. The SMILES string of the molecule is COCCN(CCOC)c1cc(C)ncc1CCl. The molecule has 0 fully saturated rings. The van der Waals surface area contributed by atoms with Crippen molar-refractivity contribution in [3.63, 3.8) is 0 Å². The fraction of sp³-hybridized carbons (Fsp3) is 0.615. The highest BCUT2D eigenvalue weighted by molar-refractivity contribution is 6.17. The number of methoxy groups -OCH3 is 2. The van der Waals surface area contributed by atoms with Crippen LogP contribution in [0.5, 0.6) is 0 Å². The number of aromatic nitrogens is 1. The smallest absolute Gasteiger partial charge is 0.0637 e.